The number of aromatic nitrogens is 1. The highest BCUT2D eigenvalue weighted by atomic mass is 79.9. The number of nitrogens with zero attached hydrogens (tertiary/aromatic N) is 2. The van der Waals surface area contributed by atoms with Gasteiger partial charge in [-0.25, -0.2) is 4.98 Å². The van der Waals surface area contributed by atoms with Gasteiger partial charge < -0.3 is 10.1 Å². The number of benzene rings is 1. The van der Waals surface area contributed by atoms with Crippen LogP contribution >= 0.6 is 15.9 Å². The Labute approximate surface area is 142 Å². The summed E-state index contributed by atoms with van der Waals surface area (Å²) in [5.41, 5.74) is 0.416. The van der Waals surface area contributed by atoms with Crippen molar-refractivity contribution in [3.63, 3.8) is 0 Å². The quantitative estimate of drug-likeness (QED) is 0.572. The van der Waals surface area contributed by atoms with Crippen molar-refractivity contribution in [2.75, 3.05) is 11.9 Å². The molecule has 0 fully saturated rings. The van der Waals surface area contributed by atoms with E-state index in [1.165, 1.54) is 30.5 Å². The predicted molar refractivity (Wildman–Crippen MR) is 83.9 cm³/mol. The lowest BCUT2D eigenvalue weighted by Gasteiger charge is -2.13. The molecule has 1 aromatic heterocycles. The first kappa shape index (κ1) is 18.0. The maximum absolute atomic E-state index is 12.3. The van der Waals surface area contributed by atoms with Crippen LogP contribution in [-0.4, -0.2) is 22.7 Å². The Kier molecular flexibility index (Phi) is 5.60. The van der Waals surface area contributed by atoms with E-state index >= 15 is 0 Å². The van der Waals surface area contributed by atoms with E-state index in [9.17, 15) is 23.3 Å². The summed E-state index contributed by atoms with van der Waals surface area (Å²) in [5, 5.41) is 13.9. The standard InChI is InChI=1S/C14H11BrF3N3O3/c15-10-3-4-11(12(6-10)21(22)23)20-7-9-2-1-5-19-13(9)24-8-14(16,17)18/h1-6,20H,7-8H2. The highest BCUT2D eigenvalue weighted by molar-refractivity contribution is 9.10. The lowest BCUT2D eigenvalue weighted by atomic mass is 10.2. The number of nitro benzene ring substituents is 1. The zero-order valence-electron chi connectivity index (χ0n) is 12.0. The molecule has 128 valence electrons. The van der Waals surface area contributed by atoms with Gasteiger partial charge in [0.05, 0.1) is 4.92 Å². The molecule has 6 nitrogen and oxygen atoms in total. The van der Waals surface area contributed by atoms with Crippen molar-refractivity contribution in [3.8, 4) is 5.88 Å². The molecule has 0 saturated carbocycles. The largest absolute Gasteiger partial charge is 0.468 e. The summed E-state index contributed by atoms with van der Waals surface area (Å²) < 4.78 is 42.0. The van der Waals surface area contributed by atoms with Crippen molar-refractivity contribution in [1.29, 1.82) is 0 Å². The molecule has 1 aromatic carbocycles. The van der Waals surface area contributed by atoms with Crippen LogP contribution in [0.1, 0.15) is 5.56 Å². The van der Waals surface area contributed by atoms with Gasteiger partial charge in [-0.05, 0) is 18.2 Å². The van der Waals surface area contributed by atoms with Gasteiger partial charge in [-0.15, -0.1) is 0 Å². The molecular weight excluding hydrogens is 395 g/mol. The zero-order valence-corrected chi connectivity index (χ0v) is 13.6. The summed E-state index contributed by atoms with van der Waals surface area (Å²) in [6, 6.07) is 7.49. The van der Waals surface area contributed by atoms with E-state index in [2.05, 4.69) is 31.0 Å². The maximum Gasteiger partial charge on any atom is 0.422 e. The smallest absolute Gasteiger partial charge is 0.422 e. The van der Waals surface area contributed by atoms with Crippen LogP contribution in [0.5, 0.6) is 5.88 Å². The number of anilines is 1. The van der Waals surface area contributed by atoms with Crippen LogP contribution in [0.2, 0.25) is 0 Å². The average Bonchev–Trinajstić information content (AvgIpc) is 2.51. The number of halogens is 4. The van der Waals surface area contributed by atoms with Gasteiger partial charge in [0.25, 0.3) is 5.69 Å². The summed E-state index contributed by atoms with van der Waals surface area (Å²) in [6.45, 7) is -1.45. The third-order valence-corrected chi connectivity index (χ3v) is 3.34. The van der Waals surface area contributed by atoms with E-state index in [-0.39, 0.29) is 23.8 Å². The van der Waals surface area contributed by atoms with Gasteiger partial charge >= 0.3 is 6.18 Å². The van der Waals surface area contributed by atoms with Crippen LogP contribution in [0.4, 0.5) is 24.5 Å². The van der Waals surface area contributed by atoms with Gasteiger partial charge in [0.15, 0.2) is 6.61 Å². The van der Waals surface area contributed by atoms with Crippen molar-refractivity contribution in [2.24, 2.45) is 0 Å². The maximum atomic E-state index is 12.3. The number of alkyl halides is 3. The van der Waals surface area contributed by atoms with Crippen molar-refractivity contribution < 1.29 is 22.8 Å². The third-order valence-electron chi connectivity index (χ3n) is 2.85. The Hall–Kier alpha value is -2.36. The highest BCUT2D eigenvalue weighted by Gasteiger charge is 2.29. The van der Waals surface area contributed by atoms with Crippen LogP contribution in [0.25, 0.3) is 0 Å². The molecule has 0 atom stereocenters. The number of pyridine rings is 1. The molecule has 0 spiro atoms. The number of ether oxygens (including phenoxy) is 1. The molecule has 0 amide bonds. The molecule has 0 aliphatic carbocycles. The van der Waals surface area contributed by atoms with Crippen molar-refractivity contribution in [2.45, 2.75) is 12.7 Å². The molecule has 1 heterocycles. The molecule has 1 N–H and O–H groups in total. The van der Waals surface area contributed by atoms with Gasteiger partial charge in [-0.3, -0.25) is 10.1 Å². The summed E-state index contributed by atoms with van der Waals surface area (Å²) in [4.78, 5) is 14.3. The van der Waals surface area contributed by atoms with Gasteiger partial charge in [-0.1, -0.05) is 22.0 Å². The number of nitro groups is 1. The molecule has 2 aromatic rings. The zero-order chi connectivity index (χ0) is 17.7. The fourth-order valence-electron chi connectivity index (χ4n) is 1.83. The Morgan fingerprint density at radius 2 is 2.08 bits per heavy atom. The lowest BCUT2D eigenvalue weighted by Crippen LogP contribution is -2.20. The monoisotopic (exact) mass is 405 g/mol. The Morgan fingerprint density at radius 1 is 1.33 bits per heavy atom. The third kappa shape index (κ3) is 5.08. The highest BCUT2D eigenvalue weighted by Crippen LogP contribution is 2.29. The second-order valence-electron chi connectivity index (χ2n) is 4.64. The second kappa shape index (κ2) is 7.47. The summed E-state index contributed by atoms with van der Waals surface area (Å²) >= 11 is 3.14. The van der Waals surface area contributed by atoms with Crippen molar-refractivity contribution in [1.82, 2.24) is 4.98 Å². The van der Waals surface area contributed by atoms with Crippen LogP contribution in [-0.2, 0) is 6.54 Å². The lowest BCUT2D eigenvalue weighted by molar-refractivity contribution is -0.384. The average molecular weight is 406 g/mol. The van der Waals surface area contributed by atoms with Crippen molar-refractivity contribution >= 4 is 27.3 Å². The minimum absolute atomic E-state index is 0.0174. The van der Waals surface area contributed by atoms with Gasteiger partial charge in [-0.2, -0.15) is 13.2 Å². The first-order valence-electron chi connectivity index (χ1n) is 6.57. The summed E-state index contributed by atoms with van der Waals surface area (Å²) in [7, 11) is 0. The van der Waals surface area contributed by atoms with Crippen LogP contribution < -0.4 is 10.1 Å². The Bertz CT molecular complexity index is 741. The normalized spacial score (nSPS) is 11.2. The van der Waals surface area contributed by atoms with Crippen molar-refractivity contribution in [3.05, 3.63) is 56.7 Å². The van der Waals surface area contributed by atoms with Crippen LogP contribution in [0, 0.1) is 10.1 Å². The van der Waals surface area contributed by atoms with E-state index in [1.807, 2.05) is 0 Å². The van der Waals surface area contributed by atoms with E-state index in [0.717, 1.165) is 0 Å². The van der Waals surface area contributed by atoms with E-state index in [0.29, 0.717) is 10.0 Å². The number of hydrogen-bond acceptors (Lipinski definition) is 5. The van der Waals surface area contributed by atoms with Crippen LogP contribution in [0.3, 0.4) is 0 Å². The molecule has 0 radical (unpaired) electrons. The molecule has 0 aliphatic heterocycles. The first-order chi connectivity index (χ1) is 11.3. The molecule has 0 aliphatic rings. The molecule has 2 rings (SSSR count). The SMILES string of the molecule is O=[N+]([O-])c1cc(Br)ccc1NCc1cccnc1OCC(F)(F)F. The van der Waals surface area contributed by atoms with Gasteiger partial charge in [0.2, 0.25) is 5.88 Å². The number of nitrogens with one attached hydrogen (secondary N) is 1. The minimum atomic E-state index is -4.48. The number of hydrogen-bond donors (Lipinski definition) is 1. The molecular formula is C14H11BrF3N3O3. The van der Waals surface area contributed by atoms with E-state index in [4.69, 9.17) is 0 Å². The molecule has 0 bridgehead atoms. The predicted octanol–water partition coefficient (Wildman–Crippen LogP) is 4.31. The Balaban J connectivity index is 2.14. The molecule has 10 heteroatoms. The summed E-state index contributed by atoms with van der Waals surface area (Å²) in [6.07, 6.45) is -3.18. The van der Waals surface area contributed by atoms with Gasteiger partial charge in [0, 0.05) is 28.8 Å². The fourth-order valence-corrected chi connectivity index (χ4v) is 2.18. The molecule has 0 saturated heterocycles. The number of rotatable bonds is 6. The topological polar surface area (TPSA) is 77.3 Å². The van der Waals surface area contributed by atoms with E-state index < -0.39 is 17.7 Å². The second-order valence-corrected chi connectivity index (χ2v) is 5.56. The molecule has 24 heavy (non-hydrogen) atoms. The first-order valence-corrected chi connectivity index (χ1v) is 7.37. The Morgan fingerprint density at radius 3 is 2.75 bits per heavy atom. The minimum Gasteiger partial charge on any atom is -0.468 e. The van der Waals surface area contributed by atoms with E-state index in [1.54, 1.807) is 6.07 Å². The van der Waals surface area contributed by atoms with Gasteiger partial charge in [0.1, 0.15) is 5.69 Å². The van der Waals surface area contributed by atoms with Crippen LogP contribution in [0.15, 0.2) is 41.0 Å². The summed E-state index contributed by atoms with van der Waals surface area (Å²) in [5.74, 6) is -0.179. The fraction of sp³-hybridized carbons (Fsp3) is 0.214. The molecule has 0 unspecified atom stereocenters.